The van der Waals surface area contributed by atoms with Gasteiger partial charge in [0.2, 0.25) is 0 Å². The summed E-state index contributed by atoms with van der Waals surface area (Å²) < 4.78 is 1.27. The highest BCUT2D eigenvalue weighted by atomic mass is 79.9. The van der Waals surface area contributed by atoms with Gasteiger partial charge in [-0.25, -0.2) is 0 Å². The highest BCUT2D eigenvalue weighted by molar-refractivity contribution is 9.10. The molecule has 0 radical (unpaired) electrons. The SMILES string of the molecule is Cc1cccc(N2CCCNC(C3CC3)C2)c1Br. The van der Waals surface area contributed by atoms with E-state index in [1.165, 1.54) is 41.5 Å². The minimum atomic E-state index is 0.694. The molecular formula is C15H21BrN2. The highest BCUT2D eigenvalue weighted by Crippen LogP contribution is 2.36. The van der Waals surface area contributed by atoms with Crippen LogP contribution >= 0.6 is 15.9 Å². The highest BCUT2D eigenvalue weighted by Gasteiger charge is 2.33. The topological polar surface area (TPSA) is 15.3 Å². The molecule has 1 saturated heterocycles. The predicted molar refractivity (Wildman–Crippen MR) is 80.2 cm³/mol. The molecule has 1 aromatic rings. The fourth-order valence-corrected chi connectivity index (χ4v) is 3.38. The van der Waals surface area contributed by atoms with Crippen molar-refractivity contribution >= 4 is 21.6 Å². The molecule has 2 aliphatic rings. The van der Waals surface area contributed by atoms with Crippen molar-refractivity contribution in [2.24, 2.45) is 5.92 Å². The maximum absolute atomic E-state index is 3.75. The first-order valence-electron chi connectivity index (χ1n) is 6.99. The molecule has 0 bridgehead atoms. The van der Waals surface area contributed by atoms with Crippen LogP contribution in [0, 0.1) is 12.8 Å². The molecule has 98 valence electrons. The maximum atomic E-state index is 3.75. The molecule has 2 nitrogen and oxygen atoms in total. The zero-order valence-corrected chi connectivity index (χ0v) is 12.5. The van der Waals surface area contributed by atoms with Gasteiger partial charge in [-0.2, -0.15) is 0 Å². The number of rotatable bonds is 2. The third-order valence-corrected chi connectivity index (χ3v) is 5.16. The van der Waals surface area contributed by atoms with Crippen LogP contribution in [0.4, 0.5) is 5.69 Å². The van der Waals surface area contributed by atoms with Crippen LogP contribution in [0.1, 0.15) is 24.8 Å². The number of anilines is 1. The second-order valence-corrected chi connectivity index (χ2v) is 6.40. The van der Waals surface area contributed by atoms with Crippen LogP contribution in [0.25, 0.3) is 0 Å². The normalized spacial score (nSPS) is 25.0. The number of hydrogen-bond donors (Lipinski definition) is 1. The van der Waals surface area contributed by atoms with Gasteiger partial charge in [0.05, 0.1) is 5.69 Å². The van der Waals surface area contributed by atoms with E-state index in [-0.39, 0.29) is 0 Å². The van der Waals surface area contributed by atoms with Crippen molar-refractivity contribution in [1.82, 2.24) is 5.32 Å². The summed E-state index contributed by atoms with van der Waals surface area (Å²) in [6.07, 6.45) is 4.07. The van der Waals surface area contributed by atoms with Crippen LogP contribution < -0.4 is 10.2 Å². The zero-order valence-electron chi connectivity index (χ0n) is 11.0. The molecule has 18 heavy (non-hydrogen) atoms. The van der Waals surface area contributed by atoms with E-state index in [0.29, 0.717) is 6.04 Å². The smallest absolute Gasteiger partial charge is 0.0513 e. The summed E-state index contributed by atoms with van der Waals surface area (Å²) in [6, 6.07) is 7.27. The fourth-order valence-electron chi connectivity index (χ4n) is 2.86. The van der Waals surface area contributed by atoms with Gasteiger partial charge in [-0.05, 0) is 66.2 Å². The van der Waals surface area contributed by atoms with Crippen molar-refractivity contribution in [1.29, 1.82) is 0 Å². The number of nitrogens with zero attached hydrogens (tertiary/aromatic N) is 1. The molecule has 3 heteroatoms. The first kappa shape index (κ1) is 12.5. The summed E-state index contributed by atoms with van der Waals surface area (Å²) in [7, 11) is 0. The molecular weight excluding hydrogens is 288 g/mol. The monoisotopic (exact) mass is 308 g/mol. The Morgan fingerprint density at radius 1 is 1.33 bits per heavy atom. The van der Waals surface area contributed by atoms with Crippen molar-refractivity contribution in [2.75, 3.05) is 24.5 Å². The van der Waals surface area contributed by atoms with Crippen molar-refractivity contribution in [3.05, 3.63) is 28.2 Å². The minimum absolute atomic E-state index is 0.694. The van der Waals surface area contributed by atoms with E-state index < -0.39 is 0 Å². The number of halogens is 1. The summed E-state index contributed by atoms with van der Waals surface area (Å²) in [6.45, 7) is 5.66. The summed E-state index contributed by atoms with van der Waals surface area (Å²) in [4.78, 5) is 2.56. The number of hydrogen-bond acceptors (Lipinski definition) is 2. The van der Waals surface area contributed by atoms with Crippen LogP contribution in [0.15, 0.2) is 22.7 Å². The van der Waals surface area contributed by atoms with Gasteiger partial charge in [0.15, 0.2) is 0 Å². The molecule has 0 spiro atoms. The Balaban J connectivity index is 1.82. The van der Waals surface area contributed by atoms with E-state index >= 15 is 0 Å². The quantitative estimate of drug-likeness (QED) is 0.901. The molecule has 1 aliphatic carbocycles. The third-order valence-electron chi connectivity index (χ3n) is 4.13. The Labute approximate surface area is 118 Å². The van der Waals surface area contributed by atoms with Gasteiger partial charge in [0, 0.05) is 23.6 Å². The second-order valence-electron chi connectivity index (χ2n) is 5.61. The predicted octanol–water partition coefficient (Wildman–Crippen LogP) is 3.34. The Hall–Kier alpha value is -0.540. The number of nitrogens with one attached hydrogen (secondary N) is 1. The van der Waals surface area contributed by atoms with Crippen molar-refractivity contribution in [3.8, 4) is 0 Å². The fraction of sp³-hybridized carbons (Fsp3) is 0.600. The molecule has 1 saturated carbocycles. The van der Waals surface area contributed by atoms with Gasteiger partial charge >= 0.3 is 0 Å². The van der Waals surface area contributed by atoms with Crippen LogP contribution in [-0.4, -0.2) is 25.7 Å². The largest absolute Gasteiger partial charge is 0.369 e. The second kappa shape index (κ2) is 5.22. The Kier molecular flexibility index (Phi) is 3.62. The van der Waals surface area contributed by atoms with Gasteiger partial charge in [0.1, 0.15) is 0 Å². The standard InChI is InChI=1S/C15H21BrN2/c1-11-4-2-5-14(15(11)16)18-9-3-8-17-13(10-18)12-6-7-12/h2,4-5,12-13,17H,3,6-10H2,1H3. The van der Waals surface area contributed by atoms with Gasteiger partial charge in [-0.1, -0.05) is 12.1 Å². The van der Waals surface area contributed by atoms with Crippen LogP contribution in [0.2, 0.25) is 0 Å². The summed E-state index contributed by atoms with van der Waals surface area (Å²) in [5, 5.41) is 3.72. The van der Waals surface area contributed by atoms with E-state index in [9.17, 15) is 0 Å². The molecule has 1 N–H and O–H groups in total. The van der Waals surface area contributed by atoms with E-state index in [0.717, 1.165) is 19.0 Å². The van der Waals surface area contributed by atoms with Gasteiger partial charge in [0.25, 0.3) is 0 Å². The van der Waals surface area contributed by atoms with Crippen LogP contribution in [0.3, 0.4) is 0 Å². The lowest BCUT2D eigenvalue weighted by Crippen LogP contribution is -2.39. The Bertz CT molecular complexity index is 429. The molecule has 1 aromatic carbocycles. The maximum Gasteiger partial charge on any atom is 0.0513 e. The summed E-state index contributed by atoms with van der Waals surface area (Å²) in [5.74, 6) is 0.925. The van der Waals surface area contributed by atoms with Crippen LogP contribution in [-0.2, 0) is 0 Å². The van der Waals surface area contributed by atoms with Gasteiger partial charge in [-0.15, -0.1) is 0 Å². The summed E-state index contributed by atoms with van der Waals surface area (Å²) in [5.41, 5.74) is 2.69. The Morgan fingerprint density at radius 3 is 2.94 bits per heavy atom. The minimum Gasteiger partial charge on any atom is -0.369 e. The van der Waals surface area contributed by atoms with Gasteiger partial charge < -0.3 is 10.2 Å². The van der Waals surface area contributed by atoms with E-state index in [1.54, 1.807) is 0 Å². The number of benzene rings is 1. The van der Waals surface area contributed by atoms with Crippen molar-refractivity contribution < 1.29 is 0 Å². The molecule has 0 amide bonds. The third kappa shape index (κ3) is 2.57. The molecule has 2 fully saturated rings. The molecule has 1 heterocycles. The van der Waals surface area contributed by atoms with Gasteiger partial charge in [-0.3, -0.25) is 0 Å². The molecule has 1 aliphatic heterocycles. The average molecular weight is 309 g/mol. The molecule has 0 aromatic heterocycles. The van der Waals surface area contributed by atoms with E-state index in [4.69, 9.17) is 0 Å². The van der Waals surface area contributed by atoms with E-state index in [1.807, 2.05) is 0 Å². The van der Waals surface area contributed by atoms with Crippen molar-refractivity contribution in [2.45, 2.75) is 32.2 Å². The average Bonchev–Trinajstić information content (AvgIpc) is 3.16. The Morgan fingerprint density at radius 2 is 2.17 bits per heavy atom. The number of aryl methyl sites for hydroxylation is 1. The first-order valence-corrected chi connectivity index (χ1v) is 7.78. The van der Waals surface area contributed by atoms with E-state index in [2.05, 4.69) is 51.3 Å². The van der Waals surface area contributed by atoms with Crippen molar-refractivity contribution in [3.63, 3.8) is 0 Å². The lowest BCUT2D eigenvalue weighted by atomic mass is 10.1. The lowest BCUT2D eigenvalue weighted by Gasteiger charge is -2.28. The molecule has 1 atom stereocenters. The molecule has 1 unspecified atom stereocenters. The zero-order chi connectivity index (χ0) is 12.5. The van der Waals surface area contributed by atoms with Crippen LogP contribution in [0.5, 0.6) is 0 Å². The lowest BCUT2D eigenvalue weighted by molar-refractivity contribution is 0.490. The molecule has 3 rings (SSSR count). The summed E-state index contributed by atoms with van der Waals surface area (Å²) >= 11 is 3.75. The first-order chi connectivity index (χ1) is 8.75.